The van der Waals surface area contributed by atoms with Gasteiger partial charge in [0.25, 0.3) is 5.56 Å². The zero-order chi connectivity index (χ0) is 21.3. The van der Waals surface area contributed by atoms with E-state index < -0.39 is 17.2 Å². The van der Waals surface area contributed by atoms with Gasteiger partial charge in [-0.25, -0.2) is 4.79 Å². The van der Waals surface area contributed by atoms with E-state index in [1.54, 1.807) is 61.1 Å². The van der Waals surface area contributed by atoms with Gasteiger partial charge in [-0.05, 0) is 34.6 Å². The molecule has 0 saturated heterocycles. The van der Waals surface area contributed by atoms with Crippen molar-refractivity contribution in [3.8, 4) is 11.8 Å². The molecular formula is C21H27N3O4. The standard InChI is InChI=1S/C21H27N3O4/c1-13-15(19(26)28-21(4,5)10-11-22-6)16-14(8-9-20(2,3)27)12-24(7)18(25)17(16)23-13/h11-12,23,27H,10H2,1-7H3/b22-11-. The number of H-pyrrole nitrogens is 1. The Hall–Kier alpha value is -2.85. The summed E-state index contributed by atoms with van der Waals surface area (Å²) >= 11 is 0. The first-order valence-electron chi connectivity index (χ1n) is 8.98. The van der Waals surface area contributed by atoms with E-state index in [9.17, 15) is 14.7 Å². The predicted molar refractivity (Wildman–Crippen MR) is 110 cm³/mol. The molecule has 7 nitrogen and oxygen atoms in total. The minimum atomic E-state index is -1.21. The van der Waals surface area contributed by atoms with Gasteiger partial charge in [-0.1, -0.05) is 11.8 Å². The number of hydrogen-bond acceptors (Lipinski definition) is 5. The van der Waals surface area contributed by atoms with Crippen LogP contribution in [0.3, 0.4) is 0 Å². The summed E-state index contributed by atoms with van der Waals surface area (Å²) in [5.74, 6) is 5.08. The van der Waals surface area contributed by atoms with Crippen molar-refractivity contribution in [1.82, 2.24) is 9.55 Å². The molecule has 0 atom stereocenters. The van der Waals surface area contributed by atoms with Crippen LogP contribution in [0.25, 0.3) is 10.9 Å². The molecule has 2 N–H and O–H groups in total. The molecule has 0 fully saturated rings. The summed E-state index contributed by atoms with van der Waals surface area (Å²) in [6, 6.07) is 0. The number of aliphatic imine (C=N–C) groups is 1. The summed E-state index contributed by atoms with van der Waals surface area (Å²) < 4.78 is 7.08. The molecule has 0 radical (unpaired) electrons. The Morgan fingerprint density at radius 2 is 2.04 bits per heavy atom. The molecule has 0 aliphatic carbocycles. The van der Waals surface area contributed by atoms with Crippen LogP contribution in [0.4, 0.5) is 0 Å². The summed E-state index contributed by atoms with van der Waals surface area (Å²) in [7, 11) is 3.27. The van der Waals surface area contributed by atoms with Crippen molar-refractivity contribution in [1.29, 1.82) is 0 Å². The second kappa shape index (κ2) is 7.64. The van der Waals surface area contributed by atoms with Gasteiger partial charge in [0, 0.05) is 44.0 Å². The Labute approximate surface area is 164 Å². The Morgan fingerprint density at radius 1 is 1.39 bits per heavy atom. The first kappa shape index (κ1) is 21.5. The average Bonchev–Trinajstić information content (AvgIpc) is 2.91. The molecule has 0 aromatic carbocycles. The maximum Gasteiger partial charge on any atom is 0.341 e. The Morgan fingerprint density at radius 3 is 2.61 bits per heavy atom. The van der Waals surface area contributed by atoms with Gasteiger partial charge in [0.1, 0.15) is 16.7 Å². The monoisotopic (exact) mass is 385 g/mol. The molecule has 0 saturated carbocycles. The fourth-order valence-corrected chi connectivity index (χ4v) is 2.77. The molecule has 2 aromatic rings. The van der Waals surface area contributed by atoms with Gasteiger partial charge in [-0.2, -0.15) is 0 Å². The van der Waals surface area contributed by atoms with Gasteiger partial charge in [-0.15, -0.1) is 0 Å². The van der Waals surface area contributed by atoms with Crippen LogP contribution in [0.5, 0.6) is 0 Å². The molecule has 0 unspecified atom stereocenters. The van der Waals surface area contributed by atoms with E-state index in [4.69, 9.17) is 4.74 Å². The number of carbonyl (C=O) groups excluding carboxylic acids is 1. The topological polar surface area (TPSA) is 96.7 Å². The number of hydrogen-bond donors (Lipinski definition) is 2. The predicted octanol–water partition coefficient (Wildman–Crippen LogP) is 2.32. The van der Waals surface area contributed by atoms with E-state index in [0.29, 0.717) is 23.1 Å². The van der Waals surface area contributed by atoms with Crippen LogP contribution in [0, 0.1) is 18.8 Å². The van der Waals surface area contributed by atoms with Crippen molar-refractivity contribution in [2.45, 2.75) is 52.2 Å². The van der Waals surface area contributed by atoms with E-state index >= 15 is 0 Å². The molecule has 2 heterocycles. The molecule has 0 aliphatic heterocycles. The summed E-state index contributed by atoms with van der Waals surface area (Å²) in [5.41, 5.74) is -0.710. The molecule has 150 valence electrons. The number of nitrogens with zero attached hydrogens (tertiary/aromatic N) is 2. The van der Waals surface area contributed by atoms with Crippen LogP contribution in [0.15, 0.2) is 16.0 Å². The maximum absolute atomic E-state index is 13.0. The van der Waals surface area contributed by atoms with E-state index in [0.717, 1.165) is 0 Å². The number of fused-ring (bicyclic) bond motifs is 1. The molecule has 0 bridgehead atoms. The van der Waals surface area contributed by atoms with Crippen LogP contribution >= 0.6 is 0 Å². The Bertz CT molecular complexity index is 1050. The smallest absolute Gasteiger partial charge is 0.341 e. The van der Waals surface area contributed by atoms with E-state index in [-0.39, 0.29) is 16.6 Å². The van der Waals surface area contributed by atoms with Crippen molar-refractivity contribution < 1.29 is 14.6 Å². The number of aromatic amines is 1. The first-order valence-corrected chi connectivity index (χ1v) is 8.98. The number of aromatic nitrogens is 2. The fraction of sp³-hybridized carbons (Fsp3) is 0.476. The molecule has 0 aliphatic rings. The SMILES string of the molecule is C/N=C\CC(C)(C)OC(=O)c1c(C)[nH]c2c(=O)n(C)cc(C#CC(C)(C)O)c12. The lowest BCUT2D eigenvalue weighted by Crippen LogP contribution is -2.29. The highest BCUT2D eigenvalue weighted by Crippen LogP contribution is 2.26. The van der Waals surface area contributed by atoms with Crippen molar-refractivity contribution in [2.75, 3.05) is 7.05 Å². The number of pyridine rings is 1. The molecule has 7 heteroatoms. The minimum Gasteiger partial charge on any atom is -0.456 e. The van der Waals surface area contributed by atoms with Gasteiger partial charge in [0.2, 0.25) is 0 Å². The lowest BCUT2D eigenvalue weighted by Gasteiger charge is -2.23. The number of aryl methyl sites for hydroxylation is 2. The highest BCUT2D eigenvalue weighted by atomic mass is 16.6. The van der Waals surface area contributed by atoms with Crippen LogP contribution in [0.1, 0.15) is 55.7 Å². The summed E-state index contributed by atoms with van der Waals surface area (Å²) in [5, 5.41) is 10.3. The second-order valence-corrected chi connectivity index (χ2v) is 7.94. The van der Waals surface area contributed by atoms with Crippen LogP contribution < -0.4 is 5.56 Å². The summed E-state index contributed by atoms with van der Waals surface area (Å²) in [6.07, 6.45) is 3.71. The first-order chi connectivity index (χ1) is 12.9. The lowest BCUT2D eigenvalue weighted by atomic mass is 10.0. The third-order valence-corrected chi connectivity index (χ3v) is 4.16. The number of ether oxygens (including phenoxy) is 1. The second-order valence-electron chi connectivity index (χ2n) is 7.94. The quantitative estimate of drug-likeness (QED) is 0.480. The van der Waals surface area contributed by atoms with Crippen molar-refractivity contribution >= 4 is 23.1 Å². The van der Waals surface area contributed by atoms with E-state index in [2.05, 4.69) is 21.8 Å². The van der Waals surface area contributed by atoms with Crippen molar-refractivity contribution in [3.63, 3.8) is 0 Å². The van der Waals surface area contributed by atoms with Crippen LogP contribution in [-0.4, -0.2) is 45.1 Å². The number of esters is 1. The molecule has 0 spiro atoms. The Kier molecular flexibility index (Phi) is 5.86. The van der Waals surface area contributed by atoms with Crippen LogP contribution in [0.2, 0.25) is 0 Å². The minimum absolute atomic E-state index is 0.272. The number of aliphatic hydroxyl groups is 1. The fourth-order valence-electron chi connectivity index (χ4n) is 2.77. The zero-order valence-corrected chi connectivity index (χ0v) is 17.4. The molecular weight excluding hydrogens is 358 g/mol. The zero-order valence-electron chi connectivity index (χ0n) is 17.4. The van der Waals surface area contributed by atoms with Gasteiger partial charge in [0.05, 0.1) is 11.1 Å². The number of nitrogens with one attached hydrogen (secondary N) is 1. The number of carbonyl (C=O) groups is 1. The maximum atomic E-state index is 13.0. The molecule has 0 amide bonds. The highest BCUT2D eigenvalue weighted by Gasteiger charge is 2.28. The third-order valence-electron chi connectivity index (χ3n) is 4.16. The summed E-state index contributed by atoms with van der Waals surface area (Å²) in [6.45, 7) is 8.43. The molecule has 28 heavy (non-hydrogen) atoms. The molecule has 2 rings (SSSR count). The molecule has 2 aromatic heterocycles. The van der Waals surface area contributed by atoms with E-state index in [1.807, 2.05) is 0 Å². The Balaban J connectivity index is 2.68. The van der Waals surface area contributed by atoms with Crippen LogP contribution in [-0.2, 0) is 11.8 Å². The third kappa shape index (κ3) is 4.70. The van der Waals surface area contributed by atoms with Gasteiger partial charge >= 0.3 is 5.97 Å². The van der Waals surface area contributed by atoms with Gasteiger partial charge < -0.3 is 24.4 Å². The highest BCUT2D eigenvalue weighted by molar-refractivity contribution is 6.07. The lowest BCUT2D eigenvalue weighted by molar-refractivity contribution is 0.00275. The normalized spacial score (nSPS) is 12.3. The number of rotatable bonds is 4. The van der Waals surface area contributed by atoms with Crippen molar-refractivity contribution in [2.24, 2.45) is 12.0 Å². The summed E-state index contributed by atoms with van der Waals surface area (Å²) in [4.78, 5) is 32.5. The van der Waals surface area contributed by atoms with Crippen molar-refractivity contribution in [3.05, 3.63) is 33.4 Å². The largest absolute Gasteiger partial charge is 0.456 e. The van der Waals surface area contributed by atoms with Gasteiger partial charge in [0.15, 0.2) is 0 Å². The average molecular weight is 385 g/mol. The van der Waals surface area contributed by atoms with Gasteiger partial charge in [-0.3, -0.25) is 4.79 Å². The van der Waals surface area contributed by atoms with E-state index in [1.165, 1.54) is 4.57 Å².